The monoisotopic (exact) mass is 441 g/mol. The molecule has 1 fully saturated rings. The van der Waals surface area contributed by atoms with Gasteiger partial charge in [0.25, 0.3) is 0 Å². The van der Waals surface area contributed by atoms with Crippen LogP contribution in [0.1, 0.15) is 18.4 Å². The first-order chi connectivity index (χ1) is 15.5. The van der Waals surface area contributed by atoms with E-state index in [1.165, 1.54) is 17.7 Å². The summed E-state index contributed by atoms with van der Waals surface area (Å²) in [7, 11) is 1.64. The Kier molecular flexibility index (Phi) is 9.19. The molecule has 3 rings (SSSR count). The molecule has 0 spiro atoms. The van der Waals surface area contributed by atoms with E-state index < -0.39 is 0 Å². The lowest BCUT2D eigenvalue weighted by Crippen LogP contribution is -2.49. The fraction of sp³-hybridized carbons (Fsp3) is 0.440. The van der Waals surface area contributed by atoms with E-state index in [2.05, 4.69) is 27.7 Å². The van der Waals surface area contributed by atoms with Crippen LogP contribution >= 0.6 is 0 Å². The molecule has 0 aromatic heterocycles. The van der Waals surface area contributed by atoms with Crippen LogP contribution in [0, 0.1) is 17.7 Å². The molecule has 6 nitrogen and oxygen atoms in total. The van der Waals surface area contributed by atoms with Crippen molar-refractivity contribution in [2.45, 2.75) is 19.3 Å². The number of hydrogen-bond donors (Lipinski definition) is 2. The van der Waals surface area contributed by atoms with Crippen molar-refractivity contribution in [3.05, 3.63) is 66.0 Å². The number of rotatable bonds is 10. The fourth-order valence-electron chi connectivity index (χ4n) is 4.03. The van der Waals surface area contributed by atoms with E-state index in [0.29, 0.717) is 38.3 Å². The first-order valence-electron chi connectivity index (χ1n) is 11.1. The van der Waals surface area contributed by atoms with Crippen molar-refractivity contribution in [2.75, 3.05) is 45.2 Å². The van der Waals surface area contributed by atoms with Gasteiger partial charge in [-0.25, -0.2) is 4.39 Å². The molecule has 7 heteroatoms. The van der Waals surface area contributed by atoms with Crippen molar-refractivity contribution in [2.24, 2.45) is 11.8 Å². The van der Waals surface area contributed by atoms with E-state index in [1.54, 1.807) is 19.2 Å². The predicted molar refractivity (Wildman–Crippen MR) is 123 cm³/mol. The third kappa shape index (κ3) is 7.43. The van der Waals surface area contributed by atoms with Gasteiger partial charge in [-0.05, 0) is 49.1 Å². The average molecular weight is 442 g/mol. The SMILES string of the molecule is COCCCNC(=O)[C@H]1C[C@@H](C(=O)Nc2ccc(F)cc2)CN(CCc2ccccc2)C1. The molecule has 0 aliphatic carbocycles. The number of benzene rings is 2. The molecule has 0 radical (unpaired) electrons. The standard InChI is InChI=1S/C25H32FN3O3/c1-32-15-5-13-27-24(30)20-16-21(25(31)28-23-10-8-22(26)9-11-23)18-29(17-20)14-12-19-6-3-2-4-7-19/h2-4,6-11,20-21H,5,12-18H2,1H3,(H,27,30)(H,28,31)/t20-,21+/m0/s1. The number of carbonyl (C=O) groups is 2. The van der Waals surface area contributed by atoms with Crippen molar-refractivity contribution < 1.29 is 18.7 Å². The second-order valence-corrected chi connectivity index (χ2v) is 8.26. The zero-order valence-corrected chi connectivity index (χ0v) is 18.6. The van der Waals surface area contributed by atoms with Crippen molar-refractivity contribution in [1.29, 1.82) is 0 Å². The van der Waals surface area contributed by atoms with Gasteiger partial charge in [0.1, 0.15) is 5.82 Å². The number of nitrogens with one attached hydrogen (secondary N) is 2. The topological polar surface area (TPSA) is 70.7 Å². The van der Waals surface area contributed by atoms with Crippen molar-refractivity contribution in [3.8, 4) is 0 Å². The zero-order valence-electron chi connectivity index (χ0n) is 18.6. The van der Waals surface area contributed by atoms with Crippen LogP contribution < -0.4 is 10.6 Å². The summed E-state index contributed by atoms with van der Waals surface area (Å²) < 4.78 is 18.2. The lowest BCUT2D eigenvalue weighted by Gasteiger charge is -2.36. The molecule has 0 unspecified atom stereocenters. The highest BCUT2D eigenvalue weighted by Crippen LogP contribution is 2.24. The number of carbonyl (C=O) groups excluding carboxylic acids is 2. The van der Waals surface area contributed by atoms with Crippen molar-refractivity contribution in [1.82, 2.24) is 10.2 Å². The van der Waals surface area contributed by atoms with E-state index in [4.69, 9.17) is 4.74 Å². The van der Waals surface area contributed by atoms with Crippen molar-refractivity contribution in [3.63, 3.8) is 0 Å². The maximum absolute atomic E-state index is 13.2. The summed E-state index contributed by atoms with van der Waals surface area (Å²) in [5.41, 5.74) is 1.78. The molecule has 2 aromatic rings. The first-order valence-corrected chi connectivity index (χ1v) is 11.1. The highest BCUT2D eigenvalue weighted by Gasteiger charge is 2.35. The number of amides is 2. The molecule has 2 N–H and O–H groups in total. The smallest absolute Gasteiger partial charge is 0.228 e. The lowest BCUT2D eigenvalue weighted by atomic mass is 9.87. The minimum Gasteiger partial charge on any atom is -0.385 e. The molecule has 1 aliphatic rings. The van der Waals surface area contributed by atoms with E-state index in [9.17, 15) is 14.0 Å². The maximum Gasteiger partial charge on any atom is 0.228 e. The normalized spacial score (nSPS) is 18.8. The van der Waals surface area contributed by atoms with E-state index >= 15 is 0 Å². The highest BCUT2D eigenvalue weighted by molar-refractivity contribution is 5.93. The van der Waals surface area contributed by atoms with Gasteiger partial charge in [0, 0.05) is 45.6 Å². The average Bonchev–Trinajstić information content (AvgIpc) is 2.82. The van der Waals surface area contributed by atoms with Gasteiger partial charge in [-0.1, -0.05) is 30.3 Å². The highest BCUT2D eigenvalue weighted by atomic mass is 19.1. The second-order valence-electron chi connectivity index (χ2n) is 8.26. The van der Waals surface area contributed by atoms with Gasteiger partial charge in [-0.3, -0.25) is 9.59 Å². The van der Waals surface area contributed by atoms with Crippen LogP contribution in [-0.2, 0) is 20.7 Å². The molecule has 2 aromatic carbocycles. The van der Waals surface area contributed by atoms with Crippen molar-refractivity contribution >= 4 is 17.5 Å². The Labute approximate surface area is 189 Å². The van der Waals surface area contributed by atoms with Gasteiger partial charge in [0.2, 0.25) is 11.8 Å². The number of nitrogens with zero attached hydrogens (tertiary/aromatic N) is 1. The fourth-order valence-corrected chi connectivity index (χ4v) is 4.03. The van der Waals surface area contributed by atoms with Crippen LogP contribution in [0.4, 0.5) is 10.1 Å². The molecule has 2 amide bonds. The summed E-state index contributed by atoms with van der Waals surface area (Å²) in [5.74, 6) is -1.09. The summed E-state index contributed by atoms with van der Waals surface area (Å²) >= 11 is 0. The predicted octanol–water partition coefficient (Wildman–Crippen LogP) is 3.10. The minimum absolute atomic E-state index is 0.0231. The van der Waals surface area contributed by atoms with Gasteiger partial charge >= 0.3 is 0 Å². The number of methoxy groups -OCH3 is 1. The van der Waals surface area contributed by atoms with Gasteiger partial charge in [0.15, 0.2) is 0 Å². The Bertz CT molecular complexity index is 860. The minimum atomic E-state index is -0.349. The van der Waals surface area contributed by atoms with Crippen LogP contribution in [0.5, 0.6) is 0 Å². The summed E-state index contributed by atoms with van der Waals surface area (Å²) in [6.07, 6.45) is 2.10. The molecular weight excluding hydrogens is 409 g/mol. The van der Waals surface area contributed by atoms with Gasteiger partial charge in [-0.2, -0.15) is 0 Å². The quantitative estimate of drug-likeness (QED) is 0.556. The number of hydrogen-bond acceptors (Lipinski definition) is 4. The van der Waals surface area contributed by atoms with Crippen LogP contribution in [0.2, 0.25) is 0 Å². The van der Waals surface area contributed by atoms with Gasteiger partial charge in [0.05, 0.1) is 11.8 Å². The zero-order chi connectivity index (χ0) is 22.8. The van der Waals surface area contributed by atoms with Crippen LogP contribution in [0.25, 0.3) is 0 Å². The lowest BCUT2D eigenvalue weighted by molar-refractivity contribution is -0.130. The van der Waals surface area contributed by atoms with Crippen LogP contribution in [-0.4, -0.2) is 56.6 Å². The molecular formula is C25H32FN3O3. The number of halogens is 1. The van der Waals surface area contributed by atoms with Crippen LogP contribution in [0.15, 0.2) is 54.6 Å². The molecule has 1 aliphatic heterocycles. The Hall–Kier alpha value is -2.77. The summed E-state index contributed by atoms with van der Waals surface area (Å²) in [6, 6.07) is 15.9. The van der Waals surface area contributed by atoms with Gasteiger partial charge < -0.3 is 20.3 Å². The number of ether oxygens (including phenoxy) is 1. The van der Waals surface area contributed by atoms with E-state index in [-0.39, 0.29) is 29.5 Å². The third-order valence-electron chi connectivity index (χ3n) is 5.76. The van der Waals surface area contributed by atoms with Gasteiger partial charge in [-0.15, -0.1) is 0 Å². The molecule has 172 valence electrons. The molecule has 0 saturated carbocycles. The molecule has 2 atom stereocenters. The largest absolute Gasteiger partial charge is 0.385 e. The number of anilines is 1. The maximum atomic E-state index is 13.2. The third-order valence-corrected chi connectivity index (χ3v) is 5.76. The Morgan fingerprint density at radius 2 is 1.72 bits per heavy atom. The molecule has 0 bridgehead atoms. The molecule has 1 saturated heterocycles. The Morgan fingerprint density at radius 3 is 2.41 bits per heavy atom. The second kappa shape index (κ2) is 12.3. The molecule has 1 heterocycles. The Balaban J connectivity index is 1.63. The van der Waals surface area contributed by atoms with E-state index in [0.717, 1.165) is 19.4 Å². The van der Waals surface area contributed by atoms with Crippen LogP contribution in [0.3, 0.4) is 0 Å². The number of piperidine rings is 1. The number of likely N-dealkylation sites (tertiary alicyclic amines) is 1. The molecule has 32 heavy (non-hydrogen) atoms. The van der Waals surface area contributed by atoms with E-state index in [1.807, 2.05) is 18.2 Å². The summed E-state index contributed by atoms with van der Waals surface area (Å²) in [4.78, 5) is 28.0. The summed E-state index contributed by atoms with van der Waals surface area (Å²) in [5, 5.41) is 5.85. The Morgan fingerprint density at radius 1 is 1.03 bits per heavy atom. The first kappa shape index (κ1) is 23.9. The summed E-state index contributed by atoms with van der Waals surface area (Å²) in [6.45, 7) is 3.14.